The number of anilines is 1. The fraction of sp³-hybridized carbons (Fsp3) is 0.286. The summed E-state index contributed by atoms with van der Waals surface area (Å²) < 4.78 is 22.6. The molecule has 4 aromatic rings. The van der Waals surface area contributed by atoms with E-state index >= 15 is 0 Å². The largest absolute Gasteiger partial charge is 0.469 e. The fourth-order valence-corrected chi connectivity index (χ4v) is 4.39. The third-order valence-corrected chi connectivity index (χ3v) is 6.17. The number of imidazole rings is 1. The van der Waals surface area contributed by atoms with Gasteiger partial charge in [0.2, 0.25) is 5.95 Å². The van der Waals surface area contributed by atoms with Crippen molar-refractivity contribution in [2.45, 2.75) is 31.4 Å². The van der Waals surface area contributed by atoms with Gasteiger partial charge < -0.3 is 24.9 Å². The molecule has 34 heavy (non-hydrogen) atoms. The first kappa shape index (κ1) is 22.7. The number of hydrogen-bond acceptors (Lipinski definition) is 8. The van der Waals surface area contributed by atoms with Crippen LogP contribution in [-0.4, -0.2) is 53.2 Å². The summed E-state index contributed by atoms with van der Waals surface area (Å²) in [4.78, 5) is 41.6. The van der Waals surface area contributed by atoms with Gasteiger partial charge in [-0.25, -0.2) is 9.55 Å². The van der Waals surface area contributed by atoms with Crippen molar-refractivity contribution in [1.82, 2.24) is 19.5 Å². The van der Waals surface area contributed by atoms with Crippen LogP contribution in [0.15, 0.2) is 53.6 Å². The summed E-state index contributed by atoms with van der Waals surface area (Å²) in [6.07, 6.45) is -1.25. The summed E-state index contributed by atoms with van der Waals surface area (Å²) in [5.74, 6) is 0.243. The Kier molecular flexibility index (Phi) is 5.94. The van der Waals surface area contributed by atoms with E-state index in [0.717, 1.165) is 16.3 Å². The Morgan fingerprint density at radius 3 is 2.85 bits per heavy atom. The molecule has 0 amide bonds. The van der Waals surface area contributed by atoms with Gasteiger partial charge in [-0.1, -0.05) is 42.5 Å². The highest BCUT2D eigenvalue weighted by Gasteiger charge is 2.37. The van der Waals surface area contributed by atoms with Crippen molar-refractivity contribution in [3.63, 3.8) is 0 Å². The number of aromatic nitrogens is 4. The molecule has 3 atom stereocenters. The van der Waals surface area contributed by atoms with Crippen LogP contribution in [0.4, 0.5) is 5.95 Å². The number of ether oxygens (including phenoxy) is 1. The number of phosphoric ester groups is 1. The van der Waals surface area contributed by atoms with Crippen LogP contribution in [0.5, 0.6) is 0 Å². The van der Waals surface area contributed by atoms with Crippen LogP contribution >= 0.6 is 7.82 Å². The molecule has 0 saturated carbocycles. The molecule has 5 N–H and O–H groups in total. The number of H-pyrrole nitrogens is 1. The van der Waals surface area contributed by atoms with E-state index in [1.165, 1.54) is 10.9 Å². The minimum absolute atomic E-state index is 0.101. The van der Waals surface area contributed by atoms with Crippen LogP contribution in [-0.2, 0) is 20.4 Å². The molecule has 2 aromatic carbocycles. The van der Waals surface area contributed by atoms with E-state index in [9.17, 15) is 14.5 Å². The van der Waals surface area contributed by atoms with Gasteiger partial charge >= 0.3 is 7.82 Å². The van der Waals surface area contributed by atoms with Gasteiger partial charge in [0.15, 0.2) is 11.2 Å². The molecule has 2 aromatic heterocycles. The summed E-state index contributed by atoms with van der Waals surface area (Å²) >= 11 is 0. The first-order valence-electron chi connectivity index (χ1n) is 10.5. The average Bonchev–Trinajstić information content (AvgIpc) is 3.39. The van der Waals surface area contributed by atoms with E-state index in [-0.39, 0.29) is 23.5 Å². The van der Waals surface area contributed by atoms with E-state index in [1.807, 2.05) is 42.5 Å². The van der Waals surface area contributed by atoms with Crippen molar-refractivity contribution >= 4 is 35.7 Å². The molecule has 0 bridgehead atoms. The molecule has 3 heterocycles. The topological polar surface area (TPSA) is 172 Å². The molecular weight excluding hydrogens is 465 g/mol. The maximum Gasteiger partial charge on any atom is 0.469 e. The molecule has 5 rings (SSSR count). The maximum absolute atomic E-state index is 12.6. The zero-order valence-electron chi connectivity index (χ0n) is 17.7. The minimum atomic E-state index is -4.70. The number of rotatable bonds is 7. The van der Waals surface area contributed by atoms with Gasteiger partial charge in [-0.15, -0.1) is 0 Å². The smallest absolute Gasteiger partial charge is 0.390 e. The molecule has 0 radical (unpaired) electrons. The second kappa shape index (κ2) is 8.91. The lowest BCUT2D eigenvalue weighted by Gasteiger charge is -2.16. The molecule has 178 valence electrons. The number of fused-ring (bicyclic) bond motifs is 2. The monoisotopic (exact) mass is 487 g/mol. The van der Waals surface area contributed by atoms with Crippen LogP contribution < -0.4 is 10.9 Å². The number of phosphoric acid groups is 1. The Balaban J connectivity index is 1.38. The normalized spacial score (nSPS) is 20.9. The summed E-state index contributed by atoms with van der Waals surface area (Å²) in [6.45, 7) is -0.0647. The average molecular weight is 487 g/mol. The van der Waals surface area contributed by atoms with Crippen LogP contribution in [0, 0.1) is 0 Å². The highest BCUT2D eigenvalue weighted by atomic mass is 31.2. The lowest BCUT2D eigenvalue weighted by Crippen LogP contribution is -2.25. The Bertz CT molecular complexity index is 1440. The van der Waals surface area contributed by atoms with E-state index in [2.05, 4.69) is 24.8 Å². The highest BCUT2D eigenvalue weighted by molar-refractivity contribution is 7.46. The van der Waals surface area contributed by atoms with E-state index in [4.69, 9.17) is 14.5 Å². The summed E-state index contributed by atoms with van der Waals surface area (Å²) in [5, 5.41) is 15.6. The third kappa shape index (κ3) is 4.60. The van der Waals surface area contributed by atoms with Crippen LogP contribution in [0.2, 0.25) is 0 Å². The molecule has 0 aliphatic carbocycles. The van der Waals surface area contributed by atoms with Crippen LogP contribution in [0.1, 0.15) is 18.2 Å². The number of hydrogen-bond donors (Lipinski definition) is 5. The summed E-state index contributed by atoms with van der Waals surface area (Å²) in [7, 11) is -4.70. The van der Waals surface area contributed by atoms with E-state index in [1.54, 1.807) is 0 Å². The lowest BCUT2D eigenvalue weighted by atomic mass is 10.0. The van der Waals surface area contributed by atoms with Crippen LogP contribution in [0.3, 0.4) is 0 Å². The third-order valence-electron chi connectivity index (χ3n) is 5.68. The predicted molar refractivity (Wildman–Crippen MR) is 122 cm³/mol. The number of aromatic amines is 1. The van der Waals surface area contributed by atoms with Crippen LogP contribution in [0.25, 0.3) is 21.9 Å². The van der Waals surface area contributed by atoms with Gasteiger partial charge in [0.1, 0.15) is 12.3 Å². The molecule has 1 aliphatic heterocycles. The number of nitrogens with one attached hydrogen (secondary N) is 2. The zero-order chi connectivity index (χ0) is 23.9. The molecule has 13 heteroatoms. The Hall–Kier alpha value is -3.12. The first-order chi connectivity index (χ1) is 16.3. The first-order valence-corrected chi connectivity index (χ1v) is 12.0. The zero-order valence-corrected chi connectivity index (χ0v) is 18.6. The quantitative estimate of drug-likeness (QED) is 0.241. The number of benzene rings is 2. The standard InChI is InChI=1S/C21H22N5O7P/c27-15-8-17(33-16(15)10-32-34(29,30)31)26-11-23-18-19(26)24-21(25-20(18)28)22-9-13-6-3-5-12-4-1-2-7-14(12)13/h1-7,11,15-17,27H,8-10H2,(H2,29,30,31)(H2,22,24,25,28). The number of aliphatic hydroxyl groups is 1. The van der Waals surface area contributed by atoms with Gasteiger partial charge in [0, 0.05) is 13.0 Å². The van der Waals surface area contributed by atoms with Crippen molar-refractivity contribution in [3.8, 4) is 0 Å². The predicted octanol–water partition coefficient (Wildman–Crippen LogP) is 1.64. The van der Waals surface area contributed by atoms with Crippen molar-refractivity contribution in [3.05, 3.63) is 64.7 Å². The highest BCUT2D eigenvalue weighted by Crippen LogP contribution is 2.38. The minimum Gasteiger partial charge on any atom is -0.390 e. The molecular formula is C21H22N5O7P. The molecule has 1 fully saturated rings. The Morgan fingerprint density at radius 2 is 2.03 bits per heavy atom. The fourth-order valence-electron chi connectivity index (χ4n) is 4.05. The van der Waals surface area contributed by atoms with Gasteiger partial charge in [-0.05, 0) is 16.3 Å². The molecule has 0 spiro atoms. The van der Waals surface area contributed by atoms with Gasteiger partial charge in [0.25, 0.3) is 5.56 Å². The van der Waals surface area contributed by atoms with Crippen molar-refractivity contribution in [2.24, 2.45) is 0 Å². The SMILES string of the molecule is O=c1[nH]c(NCc2cccc3ccccc23)nc2c1ncn2C1CC(O)C(COP(=O)(O)O)O1. The van der Waals surface area contributed by atoms with E-state index in [0.29, 0.717) is 6.54 Å². The van der Waals surface area contributed by atoms with Gasteiger partial charge in [-0.2, -0.15) is 4.98 Å². The second-order valence-corrected chi connectivity index (χ2v) is 9.19. The summed E-state index contributed by atoms with van der Waals surface area (Å²) in [5.41, 5.74) is 0.940. The Labute approximate surface area is 192 Å². The van der Waals surface area contributed by atoms with E-state index < -0.39 is 38.4 Å². The number of aliphatic hydroxyl groups excluding tert-OH is 1. The molecule has 1 saturated heterocycles. The van der Waals surface area contributed by atoms with Crippen molar-refractivity contribution < 1.29 is 28.7 Å². The molecule has 3 unspecified atom stereocenters. The van der Waals surface area contributed by atoms with Gasteiger partial charge in [0.05, 0.1) is 19.0 Å². The Morgan fingerprint density at radius 1 is 1.24 bits per heavy atom. The van der Waals surface area contributed by atoms with Gasteiger partial charge in [-0.3, -0.25) is 18.9 Å². The lowest BCUT2D eigenvalue weighted by molar-refractivity contribution is -0.0424. The molecule has 12 nitrogen and oxygen atoms in total. The van der Waals surface area contributed by atoms with Crippen molar-refractivity contribution in [2.75, 3.05) is 11.9 Å². The summed E-state index contributed by atoms with van der Waals surface area (Å²) in [6, 6.07) is 14.0. The molecule has 1 aliphatic rings. The number of nitrogens with zero attached hydrogens (tertiary/aromatic N) is 3. The maximum atomic E-state index is 12.6. The van der Waals surface area contributed by atoms with Crippen molar-refractivity contribution in [1.29, 1.82) is 0 Å². The second-order valence-electron chi connectivity index (χ2n) is 7.95.